The first-order valence-corrected chi connectivity index (χ1v) is 14.3. The number of benzene rings is 1. The van der Waals surface area contributed by atoms with Crippen molar-refractivity contribution in [2.45, 2.75) is 58.9 Å². The summed E-state index contributed by atoms with van der Waals surface area (Å²) in [6.45, 7) is 9.42. The quantitative estimate of drug-likeness (QED) is 0.373. The lowest BCUT2D eigenvalue weighted by Crippen LogP contribution is -2.40. The number of nitrogens with zero attached hydrogens (tertiary/aromatic N) is 3. The minimum Gasteiger partial charge on any atom is -0.497 e. The van der Waals surface area contributed by atoms with Crippen LogP contribution >= 0.6 is 11.3 Å². The molecule has 0 radical (unpaired) electrons. The molecule has 3 rings (SSSR count). The summed E-state index contributed by atoms with van der Waals surface area (Å²) < 4.78 is 5.16. The Bertz CT molecular complexity index is 1060. The van der Waals surface area contributed by atoms with Gasteiger partial charge < -0.3 is 25.2 Å². The molecule has 3 amide bonds. The van der Waals surface area contributed by atoms with E-state index in [4.69, 9.17) is 4.74 Å². The maximum absolute atomic E-state index is 13.1. The average Bonchev–Trinajstić information content (AvgIpc) is 3.32. The topological polar surface area (TPSA) is 104 Å². The number of carbonyl (C=O) groups excluding carboxylic acids is 3. The highest BCUT2D eigenvalue weighted by molar-refractivity contribution is 7.13. The molecule has 2 aromatic rings. The Balaban J connectivity index is 1.45. The number of amides is 3. The molecule has 10 heteroatoms. The van der Waals surface area contributed by atoms with Gasteiger partial charge in [-0.15, -0.1) is 11.3 Å². The molecule has 0 bridgehead atoms. The van der Waals surface area contributed by atoms with Gasteiger partial charge in [-0.1, -0.05) is 20.3 Å². The summed E-state index contributed by atoms with van der Waals surface area (Å²) in [5.41, 5.74) is 1.10. The van der Waals surface area contributed by atoms with Crippen LogP contribution in [0.15, 0.2) is 29.6 Å². The smallest absolute Gasteiger partial charge is 0.254 e. The Morgan fingerprint density at radius 2 is 1.95 bits per heavy atom. The maximum Gasteiger partial charge on any atom is 0.254 e. The van der Waals surface area contributed by atoms with Gasteiger partial charge in [-0.2, -0.15) is 0 Å². The van der Waals surface area contributed by atoms with E-state index in [2.05, 4.69) is 27.4 Å². The van der Waals surface area contributed by atoms with Crippen molar-refractivity contribution in [2.75, 3.05) is 45.2 Å². The molecule has 1 aromatic heterocycles. The second-order valence-corrected chi connectivity index (χ2v) is 11.1. The minimum atomic E-state index is -0.329. The van der Waals surface area contributed by atoms with Crippen LogP contribution in [0.25, 0.3) is 0 Å². The third-order valence-electron chi connectivity index (χ3n) is 6.57. The highest BCUT2D eigenvalue weighted by atomic mass is 32.1. The van der Waals surface area contributed by atoms with Gasteiger partial charge in [0.2, 0.25) is 11.8 Å². The van der Waals surface area contributed by atoms with Gasteiger partial charge in [-0.25, -0.2) is 4.98 Å². The molecule has 2 heterocycles. The number of thiazole rings is 1. The van der Waals surface area contributed by atoms with Crippen LogP contribution < -0.4 is 15.4 Å². The Labute approximate surface area is 229 Å². The minimum absolute atomic E-state index is 0.0759. The molecule has 1 aromatic carbocycles. The summed E-state index contributed by atoms with van der Waals surface area (Å²) in [5.74, 6) is 0.230. The average molecular weight is 544 g/mol. The van der Waals surface area contributed by atoms with E-state index in [0.29, 0.717) is 41.3 Å². The van der Waals surface area contributed by atoms with Crippen molar-refractivity contribution in [1.82, 2.24) is 20.1 Å². The highest BCUT2D eigenvalue weighted by Crippen LogP contribution is 2.18. The van der Waals surface area contributed by atoms with Gasteiger partial charge >= 0.3 is 0 Å². The number of methoxy groups -OCH3 is 1. The predicted octanol–water partition coefficient (Wildman–Crippen LogP) is 3.81. The molecule has 1 aliphatic heterocycles. The number of nitrogens with one attached hydrogen (secondary N) is 2. The number of hydrogen-bond acceptors (Lipinski definition) is 7. The number of ether oxygens (including phenoxy) is 1. The van der Waals surface area contributed by atoms with Gasteiger partial charge in [-0.05, 0) is 62.9 Å². The largest absolute Gasteiger partial charge is 0.497 e. The zero-order valence-electron chi connectivity index (χ0n) is 23.0. The first kappa shape index (κ1) is 29.6. The number of carbonyl (C=O) groups is 3. The SMILES string of the molecule is COc1ccc(C(=O)N(CC(=O)Nc2nc(CC(=O)NCCCN3CCCCC3C)cs2)CC(C)C)cc1. The van der Waals surface area contributed by atoms with E-state index in [-0.39, 0.29) is 36.6 Å². The van der Waals surface area contributed by atoms with Crippen LogP contribution in [0.3, 0.4) is 0 Å². The number of rotatable bonds is 13. The van der Waals surface area contributed by atoms with Crippen LogP contribution in [0, 0.1) is 5.92 Å². The Kier molecular flexibility index (Phi) is 11.5. The standard InChI is InChI=1S/C28H41N5O4S/c1-20(2)17-33(27(36)22-9-11-24(37-4)12-10-22)18-26(35)31-28-30-23(19-38-28)16-25(34)29-13-7-15-32-14-6-5-8-21(32)3/h9-12,19-21H,5-8,13-18H2,1-4H3,(H,29,34)(H,30,31,35). The fourth-order valence-corrected chi connectivity index (χ4v) is 5.31. The molecule has 1 atom stereocenters. The van der Waals surface area contributed by atoms with E-state index < -0.39 is 0 Å². The monoisotopic (exact) mass is 543 g/mol. The molecular weight excluding hydrogens is 502 g/mol. The molecular formula is C28H41N5O4S. The first-order valence-electron chi connectivity index (χ1n) is 13.4. The van der Waals surface area contributed by atoms with Crippen molar-refractivity contribution >= 4 is 34.2 Å². The van der Waals surface area contributed by atoms with Gasteiger partial charge in [0.25, 0.3) is 5.91 Å². The van der Waals surface area contributed by atoms with E-state index in [1.54, 1.807) is 36.8 Å². The summed E-state index contributed by atoms with van der Waals surface area (Å²) in [6, 6.07) is 7.46. The van der Waals surface area contributed by atoms with Crippen LogP contribution in [0.4, 0.5) is 5.13 Å². The van der Waals surface area contributed by atoms with Crippen LogP contribution in [0.2, 0.25) is 0 Å². The van der Waals surface area contributed by atoms with E-state index in [0.717, 1.165) is 19.5 Å². The molecule has 0 saturated carbocycles. The predicted molar refractivity (Wildman–Crippen MR) is 151 cm³/mol. The Morgan fingerprint density at radius 3 is 2.63 bits per heavy atom. The molecule has 0 aliphatic carbocycles. The van der Waals surface area contributed by atoms with Crippen LogP contribution in [0.1, 0.15) is 62.5 Å². The molecule has 0 spiro atoms. The molecule has 1 unspecified atom stereocenters. The number of aromatic nitrogens is 1. The molecule has 9 nitrogen and oxygen atoms in total. The van der Waals surface area contributed by atoms with E-state index in [1.807, 2.05) is 13.8 Å². The van der Waals surface area contributed by atoms with Crippen molar-refractivity contribution in [1.29, 1.82) is 0 Å². The molecule has 1 fully saturated rings. The van der Waals surface area contributed by atoms with Crippen molar-refractivity contribution < 1.29 is 19.1 Å². The van der Waals surface area contributed by atoms with E-state index in [1.165, 1.54) is 35.5 Å². The highest BCUT2D eigenvalue weighted by Gasteiger charge is 2.21. The third kappa shape index (κ3) is 9.40. The Morgan fingerprint density at radius 1 is 1.18 bits per heavy atom. The molecule has 1 aliphatic rings. The van der Waals surface area contributed by atoms with Gasteiger partial charge in [0, 0.05) is 36.6 Å². The van der Waals surface area contributed by atoms with Crippen molar-refractivity contribution in [3.05, 3.63) is 40.9 Å². The summed E-state index contributed by atoms with van der Waals surface area (Å²) in [4.78, 5) is 46.6. The lowest BCUT2D eigenvalue weighted by molar-refractivity contribution is -0.120. The van der Waals surface area contributed by atoms with Crippen LogP contribution in [0.5, 0.6) is 5.75 Å². The van der Waals surface area contributed by atoms with Crippen molar-refractivity contribution in [3.8, 4) is 5.75 Å². The molecule has 2 N–H and O–H groups in total. The normalized spacial score (nSPS) is 15.8. The molecule has 38 heavy (non-hydrogen) atoms. The zero-order valence-corrected chi connectivity index (χ0v) is 23.8. The number of hydrogen-bond donors (Lipinski definition) is 2. The van der Waals surface area contributed by atoms with Crippen molar-refractivity contribution in [3.63, 3.8) is 0 Å². The molecule has 1 saturated heterocycles. The third-order valence-corrected chi connectivity index (χ3v) is 7.38. The molecule has 208 valence electrons. The Hall–Kier alpha value is -2.98. The number of likely N-dealkylation sites (tertiary alicyclic amines) is 1. The second-order valence-electron chi connectivity index (χ2n) is 10.3. The fourth-order valence-electron chi connectivity index (χ4n) is 4.58. The zero-order chi connectivity index (χ0) is 27.5. The lowest BCUT2D eigenvalue weighted by Gasteiger charge is -2.33. The van der Waals surface area contributed by atoms with Gasteiger partial charge in [0.1, 0.15) is 12.3 Å². The van der Waals surface area contributed by atoms with Gasteiger partial charge in [0.15, 0.2) is 5.13 Å². The second kappa shape index (κ2) is 14.8. The van der Waals surface area contributed by atoms with Gasteiger partial charge in [-0.3, -0.25) is 14.4 Å². The van der Waals surface area contributed by atoms with Gasteiger partial charge in [0.05, 0.1) is 19.2 Å². The summed E-state index contributed by atoms with van der Waals surface area (Å²) in [5, 5.41) is 7.94. The van der Waals surface area contributed by atoms with E-state index in [9.17, 15) is 14.4 Å². The van der Waals surface area contributed by atoms with Crippen molar-refractivity contribution in [2.24, 2.45) is 5.92 Å². The fraction of sp³-hybridized carbons (Fsp3) is 0.571. The van der Waals surface area contributed by atoms with Crippen LogP contribution in [-0.2, 0) is 16.0 Å². The summed E-state index contributed by atoms with van der Waals surface area (Å²) in [6.07, 6.45) is 4.92. The first-order chi connectivity index (χ1) is 18.2. The van der Waals surface area contributed by atoms with Crippen LogP contribution in [-0.4, -0.2) is 78.4 Å². The number of anilines is 1. The summed E-state index contributed by atoms with van der Waals surface area (Å²) in [7, 11) is 1.57. The number of piperidine rings is 1. The van der Waals surface area contributed by atoms with E-state index >= 15 is 0 Å². The lowest BCUT2D eigenvalue weighted by atomic mass is 10.0. The summed E-state index contributed by atoms with van der Waals surface area (Å²) >= 11 is 1.27. The maximum atomic E-state index is 13.1.